The number of hydrogen-bond acceptors (Lipinski definition) is 5. The third-order valence-electron chi connectivity index (χ3n) is 1.81. The van der Waals surface area contributed by atoms with Crippen molar-refractivity contribution in [1.82, 2.24) is 9.71 Å². The van der Waals surface area contributed by atoms with Crippen molar-refractivity contribution in [3.05, 3.63) is 24.0 Å². The van der Waals surface area contributed by atoms with Crippen LogP contribution in [0, 0.1) is 0 Å². The number of carboxylic acids is 1. The summed E-state index contributed by atoms with van der Waals surface area (Å²) >= 11 is 0. The van der Waals surface area contributed by atoms with Gasteiger partial charge in [0.1, 0.15) is 0 Å². The van der Waals surface area contributed by atoms with Crippen LogP contribution < -0.4 is 10.0 Å². The van der Waals surface area contributed by atoms with Gasteiger partial charge in [-0.15, -0.1) is 0 Å². The van der Waals surface area contributed by atoms with E-state index in [1.807, 2.05) is 0 Å². The van der Waals surface area contributed by atoms with Crippen LogP contribution in [0.15, 0.2) is 18.3 Å². The molecule has 8 heteroatoms. The average Bonchev–Trinajstić information content (AvgIpc) is 2.23. The van der Waals surface area contributed by atoms with E-state index in [4.69, 9.17) is 5.11 Å². The molecule has 0 spiro atoms. The van der Waals surface area contributed by atoms with Gasteiger partial charge in [-0.05, 0) is 12.1 Å². The third-order valence-corrected chi connectivity index (χ3v) is 2.54. The van der Waals surface area contributed by atoms with Crippen LogP contribution in [0.1, 0.15) is 10.5 Å². The first-order valence-electron chi connectivity index (χ1n) is 4.77. The van der Waals surface area contributed by atoms with Gasteiger partial charge < -0.3 is 10.4 Å². The van der Waals surface area contributed by atoms with Gasteiger partial charge in [0.05, 0.1) is 11.9 Å². The van der Waals surface area contributed by atoms with Gasteiger partial charge in [-0.25, -0.2) is 22.9 Å². The van der Waals surface area contributed by atoms with Crippen molar-refractivity contribution in [3.8, 4) is 0 Å². The molecule has 0 bridgehead atoms. The van der Waals surface area contributed by atoms with Crippen molar-refractivity contribution in [3.63, 3.8) is 0 Å². The molecule has 17 heavy (non-hydrogen) atoms. The van der Waals surface area contributed by atoms with Gasteiger partial charge in [0.15, 0.2) is 5.69 Å². The van der Waals surface area contributed by atoms with E-state index in [-0.39, 0.29) is 18.8 Å². The summed E-state index contributed by atoms with van der Waals surface area (Å²) in [6.45, 7) is 0.450. The van der Waals surface area contributed by atoms with Crippen molar-refractivity contribution in [2.24, 2.45) is 0 Å². The van der Waals surface area contributed by atoms with Crippen molar-refractivity contribution < 1.29 is 18.3 Å². The van der Waals surface area contributed by atoms with Crippen LogP contribution in [0.4, 0.5) is 5.69 Å². The molecular weight excluding hydrogens is 246 g/mol. The summed E-state index contributed by atoms with van der Waals surface area (Å²) in [6, 6.07) is 3.16. The van der Waals surface area contributed by atoms with E-state index in [1.54, 1.807) is 12.1 Å². The Morgan fingerprint density at radius 1 is 1.47 bits per heavy atom. The number of aromatic nitrogens is 1. The molecule has 0 aromatic carbocycles. The van der Waals surface area contributed by atoms with E-state index in [1.165, 1.54) is 6.20 Å². The van der Waals surface area contributed by atoms with Gasteiger partial charge in [0, 0.05) is 19.3 Å². The maximum Gasteiger partial charge on any atom is 0.356 e. The molecule has 0 radical (unpaired) electrons. The molecule has 0 aliphatic heterocycles. The Morgan fingerprint density at radius 3 is 2.76 bits per heavy atom. The van der Waals surface area contributed by atoms with Crippen molar-refractivity contribution >= 4 is 21.7 Å². The highest BCUT2D eigenvalue weighted by Crippen LogP contribution is 2.10. The molecule has 0 saturated heterocycles. The first-order valence-corrected chi connectivity index (χ1v) is 6.66. The van der Waals surface area contributed by atoms with Gasteiger partial charge in [-0.3, -0.25) is 0 Å². The fourth-order valence-corrected chi connectivity index (χ4v) is 1.62. The monoisotopic (exact) mass is 259 g/mol. The molecule has 0 atom stereocenters. The number of carboxylic acid groups (broad SMARTS) is 1. The maximum absolute atomic E-state index is 10.8. The molecule has 0 amide bonds. The minimum atomic E-state index is -3.23. The average molecular weight is 259 g/mol. The van der Waals surface area contributed by atoms with E-state index in [0.717, 1.165) is 6.26 Å². The summed E-state index contributed by atoms with van der Waals surface area (Å²) in [4.78, 5) is 14.5. The number of aromatic carboxylic acids is 1. The summed E-state index contributed by atoms with van der Waals surface area (Å²) in [7, 11) is -3.23. The molecule has 0 aliphatic carbocycles. The van der Waals surface area contributed by atoms with Crippen LogP contribution in [-0.4, -0.2) is 43.8 Å². The number of hydrogen-bond donors (Lipinski definition) is 3. The predicted molar refractivity (Wildman–Crippen MR) is 62.5 cm³/mol. The standard InChI is InChI=1S/C9H13N3O4S/c1-17(15,16)12-6-5-10-7-3-2-4-11-8(7)9(13)14/h2-4,10,12H,5-6H2,1H3,(H,13,14). The molecular formula is C9H13N3O4S. The van der Waals surface area contributed by atoms with E-state index in [9.17, 15) is 13.2 Å². The lowest BCUT2D eigenvalue weighted by molar-refractivity contribution is 0.0691. The summed E-state index contributed by atoms with van der Waals surface area (Å²) in [5, 5.41) is 11.6. The molecule has 1 rings (SSSR count). The Balaban J connectivity index is 2.55. The van der Waals surface area contributed by atoms with Crippen LogP contribution in [0.5, 0.6) is 0 Å². The highest BCUT2D eigenvalue weighted by atomic mass is 32.2. The van der Waals surface area contributed by atoms with E-state index in [2.05, 4.69) is 15.0 Å². The Kier molecular flexibility index (Phi) is 4.41. The normalized spacial score (nSPS) is 11.1. The Labute approximate surface area is 98.9 Å². The molecule has 0 unspecified atom stereocenters. The van der Waals surface area contributed by atoms with Gasteiger partial charge in [0.2, 0.25) is 10.0 Å². The number of nitrogens with one attached hydrogen (secondary N) is 2. The lowest BCUT2D eigenvalue weighted by atomic mass is 10.3. The lowest BCUT2D eigenvalue weighted by Crippen LogP contribution is -2.28. The third kappa shape index (κ3) is 4.79. The van der Waals surface area contributed by atoms with Crippen LogP contribution in [0.25, 0.3) is 0 Å². The molecule has 0 fully saturated rings. The van der Waals surface area contributed by atoms with Gasteiger partial charge in [0.25, 0.3) is 0 Å². The van der Waals surface area contributed by atoms with Crippen LogP contribution in [-0.2, 0) is 10.0 Å². The fourth-order valence-electron chi connectivity index (χ4n) is 1.15. The maximum atomic E-state index is 10.8. The van der Waals surface area contributed by atoms with Crippen LogP contribution in [0.2, 0.25) is 0 Å². The second-order valence-electron chi connectivity index (χ2n) is 3.30. The van der Waals surface area contributed by atoms with Gasteiger partial charge >= 0.3 is 5.97 Å². The Morgan fingerprint density at radius 2 is 2.18 bits per heavy atom. The molecule has 1 heterocycles. The molecule has 3 N–H and O–H groups in total. The van der Waals surface area contributed by atoms with E-state index < -0.39 is 16.0 Å². The van der Waals surface area contributed by atoms with Gasteiger partial charge in [-0.2, -0.15) is 0 Å². The molecule has 0 saturated carbocycles. The number of rotatable bonds is 6. The van der Waals surface area contributed by atoms with Crippen molar-refractivity contribution in [2.45, 2.75) is 0 Å². The van der Waals surface area contributed by atoms with Crippen LogP contribution >= 0.6 is 0 Å². The fraction of sp³-hybridized carbons (Fsp3) is 0.333. The van der Waals surface area contributed by atoms with Gasteiger partial charge in [-0.1, -0.05) is 0 Å². The number of nitrogens with zero attached hydrogens (tertiary/aromatic N) is 1. The second kappa shape index (κ2) is 5.60. The number of carbonyl (C=O) groups is 1. The SMILES string of the molecule is CS(=O)(=O)NCCNc1cccnc1C(=O)O. The minimum absolute atomic E-state index is 0.0909. The number of anilines is 1. The minimum Gasteiger partial charge on any atom is -0.476 e. The first kappa shape index (κ1) is 13.4. The molecule has 1 aromatic rings. The predicted octanol–water partition coefficient (Wildman–Crippen LogP) is -0.259. The number of pyridine rings is 1. The highest BCUT2D eigenvalue weighted by molar-refractivity contribution is 7.88. The zero-order valence-electron chi connectivity index (χ0n) is 9.17. The van der Waals surface area contributed by atoms with Crippen LogP contribution in [0.3, 0.4) is 0 Å². The molecule has 0 aliphatic rings. The topological polar surface area (TPSA) is 108 Å². The smallest absolute Gasteiger partial charge is 0.356 e. The Hall–Kier alpha value is -1.67. The second-order valence-corrected chi connectivity index (χ2v) is 5.13. The lowest BCUT2D eigenvalue weighted by Gasteiger charge is -2.08. The summed E-state index contributed by atoms with van der Waals surface area (Å²) in [5.41, 5.74) is 0.266. The largest absolute Gasteiger partial charge is 0.476 e. The highest BCUT2D eigenvalue weighted by Gasteiger charge is 2.10. The summed E-state index contributed by atoms with van der Waals surface area (Å²) in [5.74, 6) is -1.14. The number of sulfonamides is 1. The zero-order valence-corrected chi connectivity index (χ0v) is 9.99. The zero-order chi connectivity index (χ0) is 12.9. The van der Waals surface area contributed by atoms with Crippen molar-refractivity contribution in [2.75, 3.05) is 24.7 Å². The quantitative estimate of drug-likeness (QED) is 0.607. The summed E-state index contributed by atoms with van der Waals surface area (Å²) < 4.78 is 23.8. The summed E-state index contributed by atoms with van der Waals surface area (Å²) in [6.07, 6.45) is 2.43. The molecule has 94 valence electrons. The molecule has 7 nitrogen and oxygen atoms in total. The van der Waals surface area contributed by atoms with E-state index >= 15 is 0 Å². The van der Waals surface area contributed by atoms with Crippen molar-refractivity contribution in [1.29, 1.82) is 0 Å². The molecule has 1 aromatic heterocycles. The van der Waals surface area contributed by atoms with E-state index in [0.29, 0.717) is 5.69 Å². The first-order chi connectivity index (χ1) is 7.90. The Bertz CT molecular complexity index is 501.